The van der Waals surface area contributed by atoms with Crippen molar-refractivity contribution in [2.24, 2.45) is 11.8 Å². The molecule has 52 heavy (non-hydrogen) atoms. The number of carbonyl (C=O) groups is 4. The highest BCUT2D eigenvalue weighted by Gasteiger charge is 2.39. The Balaban J connectivity index is 1.13. The van der Waals surface area contributed by atoms with Gasteiger partial charge in [0.1, 0.15) is 23.7 Å². The first-order valence-electron chi connectivity index (χ1n) is 17.3. The maximum Gasteiger partial charge on any atom is 0.407 e. The van der Waals surface area contributed by atoms with Gasteiger partial charge in [-0.1, -0.05) is 27.7 Å². The van der Waals surface area contributed by atoms with Crippen molar-refractivity contribution >= 4 is 46.7 Å². The highest BCUT2D eigenvalue weighted by Crippen LogP contribution is 2.39. The van der Waals surface area contributed by atoms with Gasteiger partial charge in [-0.3, -0.25) is 9.59 Å². The van der Waals surface area contributed by atoms with E-state index >= 15 is 0 Å². The molecule has 2 fully saturated rings. The first-order chi connectivity index (χ1) is 25.0. The van der Waals surface area contributed by atoms with Crippen LogP contribution in [0, 0.1) is 11.8 Å². The smallest absolute Gasteiger partial charge is 0.407 e. The predicted molar refractivity (Wildman–Crippen MR) is 194 cm³/mol. The molecule has 2 aliphatic heterocycles. The van der Waals surface area contributed by atoms with Gasteiger partial charge in [0.15, 0.2) is 10.0 Å². The van der Waals surface area contributed by atoms with Gasteiger partial charge < -0.3 is 39.9 Å². The molecule has 4 aromatic rings. The number of thiazole rings is 2. The number of nitrogens with zero attached hydrogens (tertiary/aromatic N) is 6. The Morgan fingerprint density at radius 2 is 1.10 bits per heavy atom. The lowest BCUT2D eigenvalue weighted by Gasteiger charge is -2.30. The second-order valence-corrected chi connectivity index (χ2v) is 15.6. The van der Waals surface area contributed by atoms with Crippen LogP contribution < -0.4 is 10.6 Å². The monoisotopic (exact) mass is 752 g/mol. The number of nitrogens with one attached hydrogen (secondary N) is 4. The standard InChI is InChI=1S/C34H44N10O6S2/c1-17(2)25(41-33(47)49-5)31(45)43-11-7-9-21(43)27-35-13-19(39-27)23-15-37-29(51-23)30-38-16-24(52-30)20-14-36-28(40-20)22-10-8-12-44(22)32(46)26(18(3)4)42-34(48)50-6/h13-18,21-22,25-26H,7-12H2,1-6H3,(H,35,39)(H,36,40)(H,41,47)(H,42,48)/t21-,22-,25-,26-/m0/s1. The average Bonchev–Trinajstić information content (AvgIpc) is 3.98. The zero-order valence-electron chi connectivity index (χ0n) is 30.0. The van der Waals surface area contributed by atoms with Crippen LogP contribution in [0.1, 0.15) is 77.1 Å². The molecular formula is C34H44N10O6S2. The fourth-order valence-corrected chi connectivity index (χ4v) is 8.44. The number of rotatable bonds is 11. The Labute approximate surface area is 309 Å². The number of likely N-dealkylation sites (tertiary alicyclic amines) is 2. The van der Waals surface area contributed by atoms with Gasteiger partial charge in [-0.05, 0) is 37.5 Å². The summed E-state index contributed by atoms with van der Waals surface area (Å²) >= 11 is 2.97. The summed E-state index contributed by atoms with van der Waals surface area (Å²) in [4.78, 5) is 81.6. The van der Waals surface area contributed by atoms with Crippen LogP contribution in [0.3, 0.4) is 0 Å². The third-order valence-corrected chi connectivity index (χ3v) is 11.6. The lowest BCUT2D eigenvalue weighted by atomic mass is 10.0. The molecular weight excluding hydrogens is 709 g/mol. The average molecular weight is 753 g/mol. The molecule has 0 aromatic carbocycles. The van der Waals surface area contributed by atoms with Crippen LogP contribution in [0.25, 0.3) is 31.2 Å². The summed E-state index contributed by atoms with van der Waals surface area (Å²) in [5, 5.41) is 6.86. The predicted octanol–water partition coefficient (Wildman–Crippen LogP) is 5.14. The van der Waals surface area contributed by atoms with E-state index < -0.39 is 24.3 Å². The van der Waals surface area contributed by atoms with Crippen LogP contribution >= 0.6 is 22.7 Å². The normalized spacial score (nSPS) is 18.5. The van der Waals surface area contributed by atoms with Gasteiger partial charge in [0.25, 0.3) is 0 Å². The summed E-state index contributed by atoms with van der Waals surface area (Å²) in [5.74, 6) is 0.811. The molecule has 0 aliphatic carbocycles. The Hall–Kier alpha value is -4.84. The molecule has 0 spiro atoms. The highest BCUT2D eigenvalue weighted by molar-refractivity contribution is 7.24. The summed E-state index contributed by atoms with van der Waals surface area (Å²) in [5.41, 5.74) is 1.58. The third-order valence-electron chi connectivity index (χ3n) is 9.40. The second-order valence-electron chi connectivity index (χ2n) is 13.5. The summed E-state index contributed by atoms with van der Waals surface area (Å²) in [7, 11) is 2.56. The molecule has 0 saturated carbocycles. The van der Waals surface area contributed by atoms with Crippen LogP contribution in [-0.4, -0.2) is 103 Å². The number of aromatic amines is 2. The van der Waals surface area contributed by atoms with Gasteiger partial charge in [-0.2, -0.15) is 0 Å². The molecule has 4 N–H and O–H groups in total. The molecule has 4 amide bonds. The number of aromatic nitrogens is 6. The summed E-state index contributed by atoms with van der Waals surface area (Å²) in [6, 6.07) is -1.89. The van der Waals surface area contributed by atoms with Crippen LogP contribution in [0.5, 0.6) is 0 Å². The molecule has 6 heterocycles. The number of ether oxygens (including phenoxy) is 2. The van der Waals surface area contributed by atoms with Gasteiger partial charge in [-0.15, -0.1) is 22.7 Å². The molecule has 18 heteroatoms. The van der Waals surface area contributed by atoms with Gasteiger partial charge in [0, 0.05) is 25.5 Å². The number of imidazole rings is 2. The minimum absolute atomic E-state index is 0.119. The fraction of sp³-hybridized carbons (Fsp3) is 0.529. The van der Waals surface area contributed by atoms with E-state index in [1.165, 1.54) is 36.9 Å². The zero-order chi connectivity index (χ0) is 37.1. The Morgan fingerprint density at radius 3 is 1.46 bits per heavy atom. The van der Waals surface area contributed by atoms with Crippen LogP contribution in [0.4, 0.5) is 9.59 Å². The van der Waals surface area contributed by atoms with Crippen molar-refractivity contribution in [1.29, 1.82) is 0 Å². The van der Waals surface area contributed by atoms with E-state index in [0.717, 1.165) is 56.8 Å². The fourth-order valence-electron chi connectivity index (χ4n) is 6.64. The van der Waals surface area contributed by atoms with E-state index in [4.69, 9.17) is 9.47 Å². The maximum atomic E-state index is 13.5. The van der Waals surface area contributed by atoms with Gasteiger partial charge >= 0.3 is 12.2 Å². The van der Waals surface area contributed by atoms with Crippen molar-refractivity contribution in [2.45, 2.75) is 77.5 Å². The Morgan fingerprint density at radius 1 is 0.692 bits per heavy atom. The third kappa shape index (κ3) is 7.67. The van der Waals surface area contributed by atoms with Gasteiger partial charge in [0.2, 0.25) is 11.8 Å². The van der Waals surface area contributed by atoms with Crippen molar-refractivity contribution < 1.29 is 28.7 Å². The van der Waals surface area contributed by atoms with Gasteiger partial charge in [0.05, 0.1) is 59.8 Å². The quantitative estimate of drug-likeness (QED) is 0.159. The minimum atomic E-state index is -0.705. The SMILES string of the molecule is COC(=O)N[C@H](C(=O)N1CCC[C@H]1c1ncc(-c2cnc(-c3ncc(-c4cnc([C@@H]5CCCN5C(=O)[C@@H](NC(=O)OC)C(C)C)[nH]4)s3)s2)[nH]1)C(C)C. The van der Waals surface area contributed by atoms with E-state index in [9.17, 15) is 19.2 Å². The number of alkyl carbamates (subject to hydrolysis) is 2. The first-order valence-corrected chi connectivity index (χ1v) is 18.9. The zero-order valence-corrected chi connectivity index (χ0v) is 31.6. The number of hydrogen-bond donors (Lipinski definition) is 4. The second kappa shape index (κ2) is 15.8. The van der Waals surface area contributed by atoms with Crippen molar-refractivity contribution in [1.82, 2.24) is 50.3 Å². The highest BCUT2D eigenvalue weighted by atomic mass is 32.1. The lowest BCUT2D eigenvalue weighted by Crippen LogP contribution is -2.51. The largest absolute Gasteiger partial charge is 0.453 e. The van der Waals surface area contributed by atoms with Crippen molar-refractivity contribution in [3.63, 3.8) is 0 Å². The van der Waals surface area contributed by atoms with Crippen molar-refractivity contribution in [3.8, 4) is 31.2 Å². The number of hydrogen-bond acceptors (Lipinski definition) is 12. The Kier molecular flexibility index (Phi) is 11.2. The molecule has 4 aromatic heterocycles. The molecule has 0 unspecified atom stereocenters. The molecule has 4 atom stereocenters. The van der Waals surface area contributed by atoms with E-state index in [-0.39, 0.29) is 35.7 Å². The number of methoxy groups -OCH3 is 2. The van der Waals surface area contributed by atoms with E-state index in [1.54, 1.807) is 34.6 Å². The molecule has 16 nitrogen and oxygen atoms in total. The minimum Gasteiger partial charge on any atom is -0.453 e. The number of carbonyl (C=O) groups excluding carboxylic acids is 4. The lowest BCUT2D eigenvalue weighted by molar-refractivity contribution is -0.136. The van der Waals surface area contributed by atoms with E-state index in [0.29, 0.717) is 24.7 Å². The Bertz CT molecular complexity index is 1760. The summed E-state index contributed by atoms with van der Waals surface area (Å²) in [6.07, 6.45) is 8.97. The molecule has 2 saturated heterocycles. The molecule has 0 radical (unpaired) electrons. The van der Waals surface area contributed by atoms with Crippen molar-refractivity contribution in [3.05, 3.63) is 36.4 Å². The van der Waals surface area contributed by atoms with Gasteiger partial charge in [-0.25, -0.2) is 29.5 Å². The van der Waals surface area contributed by atoms with Crippen LogP contribution in [0.15, 0.2) is 24.8 Å². The van der Waals surface area contributed by atoms with Crippen molar-refractivity contribution in [2.75, 3.05) is 27.3 Å². The summed E-state index contributed by atoms with van der Waals surface area (Å²) in [6.45, 7) is 8.70. The topological polar surface area (TPSA) is 200 Å². The van der Waals surface area contributed by atoms with E-state index in [1.807, 2.05) is 27.7 Å². The number of H-pyrrole nitrogens is 2. The molecule has 6 rings (SSSR count). The molecule has 278 valence electrons. The maximum absolute atomic E-state index is 13.5. The molecule has 0 bridgehead atoms. The summed E-state index contributed by atoms with van der Waals surface area (Å²) < 4.78 is 9.49. The first kappa shape index (κ1) is 36.9. The van der Waals surface area contributed by atoms with Crippen LogP contribution in [-0.2, 0) is 19.1 Å². The van der Waals surface area contributed by atoms with E-state index in [2.05, 4.69) is 40.5 Å². The molecule has 2 aliphatic rings. The van der Waals surface area contributed by atoms with Crippen LogP contribution in [0.2, 0.25) is 0 Å². The number of amides is 4.